The Morgan fingerprint density at radius 3 is 2.54 bits per heavy atom. The first-order valence-corrected chi connectivity index (χ1v) is 9.10. The molecule has 1 heterocycles. The topological polar surface area (TPSA) is 79.3 Å². The molecule has 0 spiro atoms. The quantitative estimate of drug-likeness (QED) is 0.719. The lowest BCUT2D eigenvalue weighted by atomic mass is 10.1. The minimum absolute atomic E-state index is 0.0551. The van der Waals surface area contributed by atoms with E-state index < -0.39 is 16.1 Å². The van der Waals surface area contributed by atoms with E-state index in [2.05, 4.69) is 9.71 Å². The van der Waals surface area contributed by atoms with E-state index in [9.17, 15) is 13.5 Å². The molecule has 1 atom stereocenters. The highest BCUT2D eigenvalue weighted by atomic mass is 32.2. The van der Waals surface area contributed by atoms with Crippen molar-refractivity contribution in [3.63, 3.8) is 0 Å². The van der Waals surface area contributed by atoms with Gasteiger partial charge in [-0.05, 0) is 24.1 Å². The summed E-state index contributed by atoms with van der Waals surface area (Å²) >= 11 is 0. The largest absolute Gasteiger partial charge is 0.391 e. The molecule has 0 unspecified atom stereocenters. The van der Waals surface area contributed by atoms with Gasteiger partial charge in [0.15, 0.2) is 0 Å². The molecule has 24 heavy (non-hydrogen) atoms. The van der Waals surface area contributed by atoms with Crippen molar-refractivity contribution in [1.82, 2.24) is 9.71 Å². The zero-order chi connectivity index (χ0) is 17.0. The minimum Gasteiger partial charge on any atom is -0.391 e. The summed E-state index contributed by atoms with van der Waals surface area (Å²) in [6.45, 7) is -0.0551. The molecule has 0 bridgehead atoms. The van der Waals surface area contributed by atoms with Crippen LogP contribution < -0.4 is 4.72 Å². The third kappa shape index (κ3) is 3.79. The Hall–Kier alpha value is -2.28. The van der Waals surface area contributed by atoms with Gasteiger partial charge in [-0.25, -0.2) is 13.1 Å². The average Bonchev–Trinajstić information content (AvgIpc) is 2.60. The van der Waals surface area contributed by atoms with Crippen LogP contribution in [0.2, 0.25) is 0 Å². The highest BCUT2D eigenvalue weighted by Gasteiger charge is 2.19. The van der Waals surface area contributed by atoms with Crippen molar-refractivity contribution in [2.24, 2.45) is 0 Å². The lowest BCUT2D eigenvalue weighted by molar-refractivity contribution is 0.179. The molecule has 0 saturated heterocycles. The summed E-state index contributed by atoms with van der Waals surface area (Å²) in [4.78, 5) is 4.28. The van der Waals surface area contributed by atoms with E-state index in [4.69, 9.17) is 0 Å². The predicted octanol–water partition coefficient (Wildman–Crippen LogP) is 2.12. The van der Waals surface area contributed by atoms with Gasteiger partial charge in [-0.1, -0.05) is 48.5 Å². The van der Waals surface area contributed by atoms with Gasteiger partial charge in [0.25, 0.3) is 0 Å². The number of fused-ring (bicyclic) bond motifs is 1. The summed E-state index contributed by atoms with van der Waals surface area (Å²) in [5.41, 5.74) is 1.38. The fourth-order valence-corrected chi connectivity index (χ4v) is 3.79. The number of sulfonamides is 1. The smallest absolute Gasteiger partial charge is 0.242 e. The molecule has 2 aromatic carbocycles. The average molecular weight is 342 g/mol. The van der Waals surface area contributed by atoms with Gasteiger partial charge < -0.3 is 5.11 Å². The number of hydrogen-bond acceptors (Lipinski definition) is 4. The lowest BCUT2D eigenvalue weighted by Crippen LogP contribution is -2.33. The summed E-state index contributed by atoms with van der Waals surface area (Å²) in [7, 11) is -3.75. The maximum absolute atomic E-state index is 12.5. The van der Waals surface area contributed by atoms with Crippen LogP contribution in [0.25, 0.3) is 10.9 Å². The summed E-state index contributed by atoms with van der Waals surface area (Å²) in [5.74, 6) is 0. The van der Waals surface area contributed by atoms with Crippen molar-refractivity contribution in [1.29, 1.82) is 0 Å². The second kappa shape index (κ2) is 7.09. The van der Waals surface area contributed by atoms with Crippen LogP contribution in [0.1, 0.15) is 5.56 Å². The second-order valence-electron chi connectivity index (χ2n) is 5.53. The van der Waals surface area contributed by atoms with Crippen LogP contribution in [0.3, 0.4) is 0 Å². The molecule has 0 saturated carbocycles. The summed E-state index contributed by atoms with van der Waals surface area (Å²) in [5, 5.41) is 10.8. The fraction of sp³-hybridized carbons (Fsp3) is 0.167. The Morgan fingerprint density at radius 1 is 1.00 bits per heavy atom. The van der Waals surface area contributed by atoms with Crippen LogP contribution in [0.15, 0.2) is 71.8 Å². The molecule has 5 nitrogen and oxygen atoms in total. The molecule has 0 aliphatic rings. The van der Waals surface area contributed by atoms with Gasteiger partial charge in [0.2, 0.25) is 10.0 Å². The number of rotatable bonds is 6. The van der Waals surface area contributed by atoms with Crippen LogP contribution >= 0.6 is 0 Å². The van der Waals surface area contributed by atoms with Gasteiger partial charge in [0.05, 0.1) is 11.6 Å². The van der Waals surface area contributed by atoms with E-state index in [1.807, 2.05) is 42.5 Å². The van der Waals surface area contributed by atoms with Gasteiger partial charge in [0.1, 0.15) is 4.90 Å². The van der Waals surface area contributed by atoms with E-state index in [0.29, 0.717) is 11.9 Å². The molecule has 124 valence electrons. The Morgan fingerprint density at radius 2 is 1.75 bits per heavy atom. The zero-order valence-corrected chi connectivity index (χ0v) is 13.8. The molecule has 3 aromatic rings. The molecule has 2 N–H and O–H groups in total. The molecule has 6 heteroatoms. The van der Waals surface area contributed by atoms with Crippen molar-refractivity contribution >= 4 is 20.9 Å². The van der Waals surface area contributed by atoms with E-state index in [0.717, 1.165) is 10.9 Å². The third-order valence-corrected chi connectivity index (χ3v) is 5.16. The Kier molecular flexibility index (Phi) is 4.89. The molecule has 0 aliphatic heterocycles. The minimum atomic E-state index is -3.75. The number of hydrogen-bond donors (Lipinski definition) is 2. The molecule has 0 aliphatic carbocycles. The van der Waals surface area contributed by atoms with Crippen LogP contribution in [0, 0.1) is 0 Å². The second-order valence-corrected chi connectivity index (χ2v) is 7.26. The van der Waals surface area contributed by atoms with Gasteiger partial charge in [-0.15, -0.1) is 0 Å². The van der Waals surface area contributed by atoms with Gasteiger partial charge in [0, 0.05) is 18.1 Å². The molecule has 1 aromatic heterocycles. The van der Waals surface area contributed by atoms with E-state index >= 15 is 0 Å². The maximum atomic E-state index is 12.5. The van der Waals surface area contributed by atoms with Crippen molar-refractivity contribution in [3.05, 3.63) is 72.4 Å². The highest BCUT2D eigenvalue weighted by molar-refractivity contribution is 7.89. The number of benzene rings is 2. The van der Waals surface area contributed by atoms with Crippen LogP contribution in [-0.2, 0) is 16.4 Å². The van der Waals surface area contributed by atoms with Crippen LogP contribution in [0.4, 0.5) is 0 Å². The number of nitrogens with zero attached hydrogens (tertiary/aromatic N) is 1. The lowest BCUT2D eigenvalue weighted by Gasteiger charge is -2.13. The maximum Gasteiger partial charge on any atom is 0.242 e. The first-order valence-electron chi connectivity index (χ1n) is 7.62. The molecule has 3 rings (SSSR count). The molecular weight excluding hydrogens is 324 g/mol. The van der Waals surface area contributed by atoms with E-state index in [-0.39, 0.29) is 11.4 Å². The Bertz CT molecular complexity index is 922. The molecular formula is C18H18N2O3S. The van der Waals surface area contributed by atoms with Crippen LogP contribution in [0.5, 0.6) is 0 Å². The number of pyridine rings is 1. The standard InChI is InChI=1S/C18H18N2O3S/c21-16(12-14-6-2-1-3-7-14)13-20-24(22,23)17-10-4-8-15-9-5-11-19-18(15)17/h1-11,16,20-21H,12-13H2/t16-/m0/s1. The predicted molar refractivity (Wildman–Crippen MR) is 93.1 cm³/mol. The summed E-state index contributed by atoms with van der Waals surface area (Å²) in [6.07, 6.45) is 1.15. The number of nitrogens with one attached hydrogen (secondary N) is 1. The number of aliphatic hydroxyl groups is 1. The summed E-state index contributed by atoms with van der Waals surface area (Å²) in [6, 6.07) is 18.0. The molecule has 0 amide bonds. The number of aliphatic hydroxyl groups excluding tert-OH is 1. The zero-order valence-electron chi connectivity index (χ0n) is 13.0. The number of aromatic nitrogens is 1. The summed E-state index contributed by atoms with van der Waals surface area (Å²) < 4.78 is 27.6. The van der Waals surface area contributed by atoms with Crippen molar-refractivity contribution < 1.29 is 13.5 Å². The molecule has 0 fully saturated rings. The highest BCUT2D eigenvalue weighted by Crippen LogP contribution is 2.20. The number of para-hydroxylation sites is 1. The van der Waals surface area contributed by atoms with Crippen molar-refractivity contribution in [2.75, 3.05) is 6.54 Å². The normalized spacial score (nSPS) is 13.0. The van der Waals surface area contributed by atoms with E-state index in [1.54, 1.807) is 18.3 Å². The van der Waals surface area contributed by atoms with Gasteiger partial charge in [-0.3, -0.25) is 4.98 Å². The van der Waals surface area contributed by atoms with Gasteiger partial charge in [-0.2, -0.15) is 0 Å². The van der Waals surface area contributed by atoms with Gasteiger partial charge >= 0.3 is 0 Å². The molecule has 0 radical (unpaired) electrons. The Balaban J connectivity index is 1.74. The Labute approximate surface area is 141 Å². The van der Waals surface area contributed by atoms with Crippen molar-refractivity contribution in [2.45, 2.75) is 17.4 Å². The van der Waals surface area contributed by atoms with Crippen molar-refractivity contribution in [3.8, 4) is 0 Å². The van der Waals surface area contributed by atoms with E-state index in [1.165, 1.54) is 6.07 Å². The third-order valence-electron chi connectivity index (χ3n) is 3.71. The monoisotopic (exact) mass is 342 g/mol. The van der Waals surface area contributed by atoms with Crippen LogP contribution in [-0.4, -0.2) is 31.2 Å². The SMILES string of the molecule is O=S(=O)(NC[C@@H](O)Cc1ccccc1)c1cccc2cccnc12. The first kappa shape index (κ1) is 16.6. The fourth-order valence-electron chi connectivity index (χ4n) is 2.54. The first-order chi connectivity index (χ1) is 11.6.